The SMILES string of the molecule is c1ccc([B-](c2ccccc2)(c2ccccc2)c2ccccc2)cc1.c1ccc2[nH+]cccc2c1. The highest BCUT2D eigenvalue weighted by molar-refractivity contribution is 7.19. The average Bonchev–Trinajstić information content (AvgIpc) is 2.96. The molecule has 5 aromatic carbocycles. The normalized spacial score (nSPS) is 10.9. The minimum Gasteiger partial charge on any atom is -0.211 e. The molecule has 0 bridgehead atoms. The van der Waals surface area contributed by atoms with Crippen molar-refractivity contribution >= 4 is 38.9 Å². The zero-order valence-corrected chi connectivity index (χ0v) is 19.7. The summed E-state index contributed by atoms with van der Waals surface area (Å²) in [5, 5.41) is 1.25. The van der Waals surface area contributed by atoms with Crippen LogP contribution in [0.4, 0.5) is 0 Å². The summed E-state index contributed by atoms with van der Waals surface area (Å²) in [6.45, 7) is 0. The van der Waals surface area contributed by atoms with Crippen molar-refractivity contribution in [3.05, 3.63) is 164 Å². The molecule has 0 unspecified atom stereocenters. The van der Waals surface area contributed by atoms with Gasteiger partial charge in [0.15, 0.2) is 6.20 Å². The number of aromatic amines is 1. The fourth-order valence-corrected chi connectivity index (χ4v) is 5.19. The van der Waals surface area contributed by atoms with E-state index in [4.69, 9.17) is 0 Å². The second kappa shape index (κ2) is 10.7. The molecule has 0 amide bonds. The van der Waals surface area contributed by atoms with Crippen LogP contribution >= 0.6 is 0 Å². The van der Waals surface area contributed by atoms with E-state index in [0.29, 0.717) is 0 Å². The molecule has 0 radical (unpaired) electrons. The van der Waals surface area contributed by atoms with E-state index in [1.165, 1.54) is 32.8 Å². The quantitative estimate of drug-likeness (QED) is 0.346. The first-order valence-electron chi connectivity index (χ1n) is 12.1. The molecular formula is C33H28BN. The van der Waals surface area contributed by atoms with Crippen LogP contribution in [0.5, 0.6) is 0 Å². The van der Waals surface area contributed by atoms with Gasteiger partial charge in [-0.15, -0.1) is 0 Å². The minimum atomic E-state index is -1.22. The van der Waals surface area contributed by atoms with E-state index >= 15 is 0 Å². The van der Waals surface area contributed by atoms with Crippen LogP contribution < -0.4 is 26.8 Å². The van der Waals surface area contributed by atoms with E-state index < -0.39 is 6.15 Å². The number of hydrogen-bond acceptors (Lipinski definition) is 0. The number of benzene rings is 5. The molecule has 1 aromatic heterocycles. The number of hydrogen-bond donors (Lipinski definition) is 0. The largest absolute Gasteiger partial charge is 0.211 e. The van der Waals surface area contributed by atoms with Gasteiger partial charge in [-0.1, -0.05) is 133 Å². The molecule has 1 nitrogen and oxygen atoms in total. The number of rotatable bonds is 4. The molecule has 6 rings (SSSR count). The molecule has 2 heteroatoms. The van der Waals surface area contributed by atoms with E-state index in [1.54, 1.807) is 0 Å². The van der Waals surface area contributed by atoms with Crippen molar-refractivity contribution in [2.24, 2.45) is 0 Å². The molecule has 0 fully saturated rings. The molecule has 0 aliphatic carbocycles. The first kappa shape index (κ1) is 22.4. The van der Waals surface area contributed by atoms with E-state index in [2.05, 4.69) is 145 Å². The van der Waals surface area contributed by atoms with Crippen LogP contribution in [-0.4, -0.2) is 6.15 Å². The Kier molecular flexibility index (Phi) is 6.82. The first-order chi connectivity index (χ1) is 17.4. The van der Waals surface area contributed by atoms with Crippen molar-refractivity contribution in [1.29, 1.82) is 0 Å². The lowest BCUT2D eigenvalue weighted by Gasteiger charge is -2.44. The number of H-pyrrole nitrogens is 1. The summed E-state index contributed by atoms with van der Waals surface area (Å²) < 4.78 is 0. The van der Waals surface area contributed by atoms with Crippen molar-refractivity contribution in [2.75, 3.05) is 0 Å². The lowest BCUT2D eigenvalue weighted by molar-refractivity contribution is -0.344. The van der Waals surface area contributed by atoms with Gasteiger partial charge in [0.05, 0.1) is 0 Å². The topological polar surface area (TPSA) is 14.1 Å². The van der Waals surface area contributed by atoms with Gasteiger partial charge in [-0.25, -0.2) is 4.98 Å². The number of aromatic nitrogens is 1. The Morgan fingerprint density at radius 1 is 0.343 bits per heavy atom. The molecule has 0 saturated heterocycles. The van der Waals surface area contributed by atoms with Gasteiger partial charge in [0.25, 0.3) is 0 Å². The third-order valence-electron chi connectivity index (χ3n) is 6.77. The summed E-state index contributed by atoms with van der Waals surface area (Å²) in [4.78, 5) is 3.15. The molecule has 0 saturated carbocycles. The molecular weight excluding hydrogens is 421 g/mol. The summed E-state index contributed by atoms with van der Waals surface area (Å²) in [5.41, 5.74) is 6.54. The lowest BCUT2D eigenvalue weighted by Crippen LogP contribution is -2.74. The van der Waals surface area contributed by atoms with Crippen LogP contribution in [0.15, 0.2) is 164 Å². The Bertz CT molecular complexity index is 1240. The predicted molar refractivity (Wildman–Crippen MR) is 151 cm³/mol. The Balaban J connectivity index is 0.000000211. The first-order valence-corrected chi connectivity index (χ1v) is 12.1. The minimum absolute atomic E-state index is 1.19. The molecule has 168 valence electrons. The van der Waals surface area contributed by atoms with Crippen molar-refractivity contribution in [2.45, 2.75) is 0 Å². The third-order valence-corrected chi connectivity index (χ3v) is 6.77. The number of para-hydroxylation sites is 1. The number of fused-ring (bicyclic) bond motifs is 1. The fraction of sp³-hybridized carbons (Fsp3) is 0. The summed E-state index contributed by atoms with van der Waals surface area (Å²) >= 11 is 0. The molecule has 6 aromatic rings. The van der Waals surface area contributed by atoms with Gasteiger partial charge in [-0.2, -0.15) is 21.9 Å². The summed E-state index contributed by atoms with van der Waals surface area (Å²) in [5.74, 6) is 0. The summed E-state index contributed by atoms with van der Waals surface area (Å²) in [6, 6.07) is 55.8. The Labute approximate surface area is 207 Å². The monoisotopic (exact) mass is 449 g/mol. The Morgan fingerprint density at radius 2 is 0.686 bits per heavy atom. The van der Waals surface area contributed by atoms with Gasteiger partial charge < -0.3 is 0 Å². The van der Waals surface area contributed by atoms with Crippen molar-refractivity contribution < 1.29 is 4.98 Å². The van der Waals surface area contributed by atoms with Crippen LogP contribution in [0.3, 0.4) is 0 Å². The maximum atomic E-state index is 3.15. The van der Waals surface area contributed by atoms with E-state index in [0.717, 1.165) is 0 Å². The fourth-order valence-electron chi connectivity index (χ4n) is 5.19. The zero-order chi connectivity index (χ0) is 23.8. The highest BCUT2D eigenvalue weighted by Crippen LogP contribution is 2.09. The van der Waals surface area contributed by atoms with Crippen LogP contribution in [0.1, 0.15) is 0 Å². The standard InChI is InChI=1S/C24H20B.C9H7N/c1-5-13-21(14-6-1)25(22-15-7-2-8-16-22,23-17-9-3-10-18-23)24-19-11-4-12-20-24;1-2-6-9-8(4-1)5-3-7-10-9/h1-20H;1-7H/q-1;/p+1. The third kappa shape index (κ3) is 4.65. The number of pyridine rings is 1. The van der Waals surface area contributed by atoms with E-state index in [9.17, 15) is 0 Å². The Morgan fingerprint density at radius 3 is 1.09 bits per heavy atom. The van der Waals surface area contributed by atoms with Gasteiger partial charge in [0.2, 0.25) is 5.52 Å². The van der Waals surface area contributed by atoms with Crippen LogP contribution in [0, 0.1) is 0 Å². The van der Waals surface area contributed by atoms with Crippen molar-refractivity contribution in [1.82, 2.24) is 0 Å². The van der Waals surface area contributed by atoms with E-state index in [1.807, 2.05) is 24.4 Å². The Hall–Kier alpha value is -4.43. The van der Waals surface area contributed by atoms with E-state index in [-0.39, 0.29) is 0 Å². The van der Waals surface area contributed by atoms with Crippen LogP contribution in [0.25, 0.3) is 10.9 Å². The highest BCUT2D eigenvalue weighted by Gasteiger charge is 2.30. The zero-order valence-electron chi connectivity index (χ0n) is 19.7. The smallest absolute Gasteiger partial charge is 0.210 e. The maximum Gasteiger partial charge on any atom is 0.210 e. The number of nitrogens with one attached hydrogen (secondary N) is 1. The lowest BCUT2D eigenvalue weighted by atomic mass is 9.13. The highest BCUT2D eigenvalue weighted by atomic mass is 14.6. The summed E-state index contributed by atoms with van der Waals surface area (Å²) in [7, 11) is 0. The molecule has 1 N–H and O–H groups in total. The maximum absolute atomic E-state index is 3.15. The molecule has 0 aliphatic heterocycles. The second-order valence-electron chi connectivity index (χ2n) is 8.77. The van der Waals surface area contributed by atoms with Gasteiger partial charge in [-0.3, -0.25) is 0 Å². The molecule has 0 atom stereocenters. The van der Waals surface area contributed by atoms with Gasteiger partial charge in [-0.05, 0) is 12.1 Å². The van der Waals surface area contributed by atoms with Crippen molar-refractivity contribution in [3.8, 4) is 0 Å². The molecule has 35 heavy (non-hydrogen) atoms. The molecule has 0 spiro atoms. The van der Waals surface area contributed by atoms with Crippen LogP contribution in [-0.2, 0) is 0 Å². The predicted octanol–water partition coefficient (Wildman–Crippen LogP) is 4.72. The van der Waals surface area contributed by atoms with Gasteiger partial charge in [0.1, 0.15) is 6.15 Å². The molecule has 0 aliphatic rings. The average molecular weight is 449 g/mol. The van der Waals surface area contributed by atoms with Crippen molar-refractivity contribution in [3.63, 3.8) is 0 Å². The molecule has 1 heterocycles. The summed E-state index contributed by atoms with van der Waals surface area (Å²) in [6.07, 6.45) is 0.717. The second-order valence-corrected chi connectivity index (χ2v) is 8.77. The van der Waals surface area contributed by atoms with Gasteiger partial charge >= 0.3 is 0 Å². The van der Waals surface area contributed by atoms with Gasteiger partial charge in [0, 0.05) is 17.5 Å². The van der Waals surface area contributed by atoms with Crippen LogP contribution in [0.2, 0.25) is 0 Å².